The molecule has 2 aliphatic rings. The number of hydrogen-bond donors (Lipinski definition) is 18. The molecule has 0 saturated carbocycles. The molecule has 21 N–H and O–H groups in total. The number of piperazine rings is 1. The van der Waals surface area contributed by atoms with Crippen LogP contribution in [0.5, 0.6) is 5.75 Å². The highest BCUT2D eigenvalue weighted by Gasteiger charge is 2.42. The Labute approximate surface area is 690 Å². The summed E-state index contributed by atoms with van der Waals surface area (Å²) < 4.78 is 35.4. The Morgan fingerprint density at radius 1 is 0.742 bits per heavy atom. The Balaban J connectivity index is 0.000000350. The number of aliphatic imine (C=N–C) groups is 1. The van der Waals surface area contributed by atoms with Crippen molar-refractivity contribution in [3.05, 3.63) is 124 Å². The van der Waals surface area contributed by atoms with E-state index in [9.17, 15) is 70.7 Å². The van der Waals surface area contributed by atoms with Crippen molar-refractivity contribution in [1.82, 2.24) is 86.4 Å². The summed E-state index contributed by atoms with van der Waals surface area (Å²) in [4.78, 5) is 192. The molecule has 2 aliphatic heterocycles. The number of aliphatic carboxylic acids is 3. The number of rotatable bonds is 29. The third kappa shape index (κ3) is 28.0. The Morgan fingerprint density at radius 2 is 1.38 bits per heavy atom. The number of carbonyl (C=O) groups is 12. The molecule has 42 heteroatoms. The first kappa shape index (κ1) is 94.5. The van der Waals surface area contributed by atoms with Gasteiger partial charge in [0.2, 0.25) is 63.2 Å². The Morgan fingerprint density at radius 3 is 1.99 bits per heavy atom. The smallest absolute Gasteiger partial charge is 0.336 e. The van der Waals surface area contributed by atoms with Gasteiger partial charge in [0.05, 0.1) is 48.3 Å². The van der Waals surface area contributed by atoms with Gasteiger partial charge in [-0.1, -0.05) is 81.6 Å². The van der Waals surface area contributed by atoms with E-state index in [1.807, 2.05) is 52.1 Å². The number of nitrogens with two attached hydrogens (primary N) is 3. The lowest BCUT2D eigenvalue weighted by molar-refractivity contribution is -0.170. The number of unbranched alkanes of at least 4 members (excludes halogenated alkanes) is 1. The number of ether oxygens (including phenoxy) is 1. The van der Waals surface area contributed by atoms with Crippen molar-refractivity contribution in [3.63, 3.8) is 0 Å². The van der Waals surface area contributed by atoms with Crippen LogP contribution < -0.4 is 70.0 Å². The SMILES string of the molecule is CCCC[C@H](NC(C)=O)C(=O)N[C@H]1CC(=O)NCCCC[C@@H](C(N)=O)NC(=O)[C@H](Cc2c[nH]c3ccccc23)NC(=O)[C@H](CCCN=C(N)N)NC(=O)[C@@H](Cc2ccccc2)NC(=O)[C@H](Cc2cnc[nH]2)NC1=O.CCCc1nn(C)c2c(=O)[nH]c(-c3cc(S(=O)(=O)N4CCN(C)CC4)ccc3OCC)nc12.O=C(O)CC(O)(CC(=O)O)C(=O)O. The number of hydrogen-bond acceptors (Lipinski definition) is 22. The molecule has 3 aromatic carbocycles. The van der Waals surface area contributed by atoms with Crippen molar-refractivity contribution in [2.24, 2.45) is 29.2 Å². The van der Waals surface area contributed by atoms with Gasteiger partial charge in [-0.25, -0.2) is 23.2 Å². The summed E-state index contributed by atoms with van der Waals surface area (Å²) in [6.07, 6.45) is 4.98. The maximum absolute atomic E-state index is 14.7. The summed E-state index contributed by atoms with van der Waals surface area (Å²) >= 11 is 0. The van der Waals surface area contributed by atoms with Crippen molar-refractivity contribution < 1.29 is 91.1 Å². The number of primary amides is 1. The van der Waals surface area contributed by atoms with Gasteiger partial charge < -0.3 is 105 Å². The zero-order chi connectivity index (χ0) is 88.0. The third-order valence-electron chi connectivity index (χ3n) is 19.4. The minimum atomic E-state index is -3.70. The van der Waals surface area contributed by atoms with Gasteiger partial charge in [-0.2, -0.15) is 9.40 Å². The van der Waals surface area contributed by atoms with Crippen molar-refractivity contribution in [2.75, 3.05) is 52.9 Å². The Hall–Kier alpha value is -12.7. The monoisotopic (exact) mass is 1690 g/mol. The number of benzene rings is 3. The molecule has 0 bridgehead atoms. The zero-order valence-corrected chi connectivity index (χ0v) is 68.4. The lowest BCUT2D eigenvalue weighted by Crippen LogP contribution is -2.61. The number of nitrogens with zero attached hydrogens (tertiary/aromatic N) is 7. The lowest BCUT2D eigenvalue weighted by atomic mass is 9.96. The number of carboxylic acids is 3. The van der Waals surface area contributed by atoms with Gasteiger partial charge in [0.25, 0.3) is 5.56 Å². The number of nitrogens with one attached hydrogen (secondary N) is 11. The second-order valence-corrected chi connectivity index (χ2v) is 30.8. The number of carboxylic acid groups (broad SMARTS) is 3. The Bertz CT molecular complexity index is 4930. The van der Waals surface area contributed by atoms with Gasteiger partial charge >= 0.3 is 17.9 Å². The molecule has 120 heavy (non-hydrogen) atoms. The average Bonchev–Trinajstić information content (AvgIpc) is 1.70. The van der Waals surface area contributed by atoms with Crippen molar-refractivity contribution in [1.29, 1.82) is 0 Å². The van der Waals surface area contributed by atoms with Gasteiger partial charge in [-0.3, -0.25) is 67.2 Å². The molecule has 7 atom stereocenters. The van der Waals surface area contributed by atoms with Crippen LogP contribution in [0.1, 0.15) is 127 Å². The van der Waals surface area contributed by atoms with E-state index in [4.69, 9.17) is 47.3 Å². The molecule has 2 fully saturated rings. The fraction of sp³-hybridized carbons (Fsp3) is 0.474. The fourth-order valence-electron chi connectivity index (χ4n) is 13.2. The van der Waals surface area contributed by atoms with E-state index in [0.29, 0.717) is 91.2 Å². The van der Waals surface area contributed by atoms with E-state index in [-0.39, 0.29) is 93.1 Å². The molecular formula is C78H107N21O20S. The first-order valence-electron chi connectivity index (χ1n) is 39.1. The molecule has 2 saturated heterocycles. The molecular weight excluding hydrogens is 1580 g/mol. The number of sulfonamides is 1. The zero-order valence-electron chi connectivity index (χ0n) is 67.6. The molecule has 0 aliphatic carbocycles. The molecule has 0 spiro atoms. The number of imidazole rings is 1. The number of aromatic nitrogens is 7. The summed E-state index contributed by atoms with van der Waals surface area (Å²) in [5, 5.41) is 60.6. The number of para-hydroxylation sites is 1. The number of aryl methyl sites for hydroxylation is 2. The van der Waals surface area contributed by atoms with E-state index >= 15 is 0 Å². The Kier molecular flexibility index (Phi) is 35.7. The van der Waals surface area contributed by atoms with Gasteiger partial charge in [0, 0.05) is 101 Å². The molecule has 0 unspecified atom stereocenters. The molecule has 0 radical (unpaired) electrons. The van der Waals surface area contributed by atoms with Gasteiger partial charge in [-0.15, -0.1) is 0 Å². The van der Waals surface area contributed by atoms with E-state index in [2.05, 4.69) is 77.5 Å². The highest BCUT2D eigenvalue weighted by Crippen LogP contribution is 2.33. The van der Waals surface area contributed by atoms with Crippen LogP contribution in [-0.4, -0.2) is 251 Å². The standard InChI is InChI=1S/C50H69N15O9.C22H30N6O4S.C6H8O7/c1-3-4-16-36(59-29(2)66)44(69)65-41-25-42(67)55-20-11-10-18-35(43(51)68)60-47(72)39(23-31-26-57-34-17-9-8-15-33(31)34)63-45(70)37(19-12-21-56-50(52)53)61-46(71)38(22-30-13-6-5-7-14-30)62-48(73)40(64-49(41)74)24-32-27-54-28-58-32;1-5-7-17-19-20(27(4)25-17)22(29)24-21(23-19)16-14-15(8-9-18(16)32-6-2)33(30,31)28-12-10-26(3)11-13-28;7-3(8)1-6(13,5(11)12)2-4(9)10/h5-9,13-15,17,26-28,35-41,57H,3-4,10-12,16,18-25H2,1-2H3,(H2,51,68)(H,54,58)(H,55,67)(H,59,66)(H,60,72)(H,61,71)(H,62,73)(H,63,70)(H,64,74)(H,65,69)(H4,52,53,56);8-9,14H,5-7,10-13H2,1-4H3,(H,23,24,29);13H,1-2H2,(H,7,8)(H,9,10)(H,11,12)/t35-,36-,37-,38+,39-,40-,41-;;/m0../s1. The number of aliphatic hydroxyl groups is 1. The molecule has 6 heterocycles. The van der Waals surface area contributed by atoms with Crippen LogP contribution in [-0.2, 0) is 100 Å². The number of amides is 9. The topological polar surface area (TPSA) is 630 Å². The van der Waals surface area contributed by atoms with E-state index in [0.717, 1.165) is 23.0 Å². The summed E-state index contributed by atoms with van der Waals surface area (Å²) in [7, 11) is -0.00831. The first-order valence-corrected chi connectivity index (χ1v) is 40.6. The van der Waals surface area contributed by atoms with Crippen LogP contribution in [0.15, 0.2) is 106 Å². The van der Waals surface area contributed by atoms with Crippen molar-refractivity contribution in [3.8, 4) is 17.1 Å². The summed E-state index contributed by atoms with van der Waals surface area (Å²) in [6.45, 7) is 9.74. The first-order chi connectivity index (χ1) is 57.0. The second kappa shape index (κ2) is 45.3. The maximum atomic E-state index is 14.7. The molecule has 4 aromatic heterocycles. The van der Waals surface area contributed by atoms with Crippen LogP contribution in [0.2, 0.25) is 0 Å². The minimum absolute atomic E-state index is 0.0408. The van der Waals surface area contributed by atoms with Crippen molar-refractivity contribution in [2.45, 2.75) is 183 Å². The quantitative estimate of drug-likeness (QED) is 0.0154. The largest absolute Gasteiger partial charge is 0.493 e. The lowest BCUT2D eigenvalue weighted by Gasteiger charge is -2.31. The van der Waals surface area contributed by atoms with Crippen molar-refractivity contribution >= 4 is 109 Å². The maximum Gasteiger partial charge on any atom is 0.336 e. The summed E-state index contributed by atoms with van der Waals surface area (Å²) in [6, 6.07) is 11.4. The summed E-state index contributed by atoms with van der Waals surface area (Å²) in [5.41, 5.74) is 18.4. The fourth-order valence-corrected chi connectivity index (χ4v) is 14.7. The van der Waals surface area contributed by atoms with E-state index < -0.39 is 148 Å². The number of H-pyrrole nitrogens is 3. The number of aromatic amines is 3. The molecule has 650 valence electrons. The average molecular weight is 1690 g/mol. The number of likely N-dealkylation sites (N-methyl/N-ethyl adjacent to an activating group) is 1. The van der Waals surface area contributed by atoms with Crippen LogP contribution >= 0.6 is 0 Å². The van der Waals surface area contributed by atoms with Gasteiger partial charge in [0.1, 0.15) is 59.4 Å². The van der Waals surface area contributed by atoms with E-state index in [1.54, 1.807) is 61.8 Å². The van der Waals surface area contributed by atoms with Gasteiger partial charge in [-0.05, 0) is 94.3 Å². The van der Waals surface area contributed by atoms with Gasteiger partial charge in [0.15, 0.2) is 17.1 Å². The second-order valence-electron chi connectivity index (χ2n) is 28.9. The molecule has 7 aromatic rings. The number of carbonyl (C=O) groups excluding carboxylic acids is 9. The predicted octanol–water partition coefficient (Wildman–Crippen LogP) is -0.886. The normalized spacial score (nSPS) is 18.7. The highest BCUT2D eigenvalue weighted by atomic mass is 32.2. The minimum Gasteiger partial charge on any atom is -0.493 e. The number of fused-ring (bicyclic) bond motifs is 2. The van der Waals surface area contributed by atoms with Crippen LogP contribution in [0.25, 0.3) is 33.3 Å². The molecule has 41 nitrogen and oxygen atoms in total. The molecule has 9 rings (SSSR count). The van der Waals surface area contributed by atoms with Crippen LogP contribution in [0.4, 0.5) is 0 Å². The highest BCUT2D eigenvalue weighted by molar-refractivity contribution is 7.89. The molecule has 9 amide bonds. The number of guanidine groups is 1. The van der Waals surface area contributed by atoms with Crippen LogP contribution in [0, 0.1) is 0 Å². The summed E-state index contributed by atoms with van der Waals surface area (Å²) in [5.74, 6) is -11.4. The van der Waals surface area contributed by atoms with Crippen LogP contribution in [0.3, 0.4) is 0 Å². The third-order valence-corrected chi connectivity index (χ3v) is 21.3. The van der Waals surface area contributed by atoms with E-state index in [1.165, 1.54) is 28.4 Å². The predicted molar refractivity (Wildman–Crippen MR) is 437 cm³/mol.